The largest absolute Gasteiger partial charge is 0.496 e. The molecule has 2 aromatic carbocycles. The first-order valence-corrected chi connectivity index (χ1v) is 8.62. The van der Waals surface area contributed by atoms with Gasteiger partial charge < -0.3 is 14.1 Å². The zero-order valence-corrected chi connectivity index (χ0v) is 14.6. The number of aromatic nitrogens is 2. The monoisotopic (exact) mass is 343 g/mol. The van der Waals surface area contributed by atoms with E-state index in [2.05, 4.69) is 30.1 Å². The maximum Gasteiger partial charge on any atom is 0.206 e. The molecule has 0 radical (unpaired) electrons. The zero-order chi connectivity index (χ0) is 17.9. The van der Waals surface area contributed by atoms with Crippen LogP contribution in [0.4, 0.5) is 0 Å². The average Bonchev–Trinajstić information content (AvgIpc) is 3.11. The standard InChI is InChI=1S/C21H17N3O2/c1-12-9-17(25-2)18(14-5-8-23-19(12)14)21(6-7-21)20-24-15-10-13(11-22)3-4-16(15)26-20/h3-5,8-10,23H,6-7H2,1-2H3. The van der Waals surface area contributed by atoms with Gasteiger partial charge in [0.25, 0.3) is 0 Å². The first-order chi connectivity index (χ1) is 12.7. The maximum absolute atomic E-state index is 9.11. The van der Waals surface area contributed by atoms with Crippen LogP contribution in [0.3, 0.4) is 0 Å². The molecule has 5 rings (SSSR count). The first-order valence-electron chi connectivity index (χ1n) is 8.62. The van der Waals surface area contributed by atoms with Crippen molar-refractivity contribution >= 4 is 22.0 Å². The number of hydrogen-bond acceptors (Lipinski definition) is 4. The van der Waals surface area contributed by atoms with E-state index in [9.17, 15) is 0 Å². The molecular formula is C21H17N3O2. The van der Waals surface area contributed by atoms with Gasteiger partial charge in [0.1, 0.15) is 11.3 Å². The predicted molar refractivity (Wildman–Crippen MR) is 98.3 cm³/mol. The van der Waals surface area contributed by atoms with Crippen molar-refractivity contribution < 1.29 is 9.15 Å². The zero-order valence-electron chi connectivity index (χ0n) is 14.6. The van der Waals surface area contributed by atoms with E-state index in [1.807, 2.05) is 12.3 Å². The van der Waals surface area contributed by atoms with E-state index < -0.39 is 0 Å². The number of aromatic amines is 1. The normalized spacial score (nSPS) is 15.3. The molecule has 1 saturated carbocycles. The molecule has 1 N–H and O–H groups in total. The molecule has 0 amide bonds. The second-order valence-corrected chi connectivity index (χ2v) is 6.93. The van der Waals surface area contributed by atoms with Crippen molar-refractivity contribution in [3.05, 3.63) is 59.1 Å². The highest BCUT2D eigenvalue weighted by Gasteiger charge is 2.53. The van der Waals surface area contributed by atoms with E-state index in [1.165, 1.54) is 0 Å². The van der Waals surface area contributed by atoms with Crippen LogP contribution in [0.5, 0.6) is 5.75 Å². The quantitative estimate of drug-likeness (QED) is 0.591. The molecule has 0 saturated heterocycles. The number of fused-ring (bicyclic) bond motifs is 2. The summed E-state index contributed by atoms with van der Waals surface area (Å²) in [4.78, 5) is 8.07. The molecule has 0 aliphatic heterocycles. The molecule has 26 heavy (non-hydrogen) atoms. The van der Waals surface area contributed by atoms with E-state index in [0.717, 1.165) is 46.1 Å². The van der Waals surface area contributed by atoms with Crippen LogP contribution in [0, 0.1) is 18.3 Å². The van der Waals surface area contributed by atoms with Gasteiger partial charge in [-0.15, -0.1) is 0 Å². The highest BCUT2D eigenvalue weighted by Crippen LogP contribution is 2.58. The van der Waals surface area contributed by atoms with Crippen molar-refractivity contribution in [3.63, 3.8) is 0 Å². The van der Waals surface area contributed by atoms with Crippen molar-refractivity contribution in [2.24, 2.45) is 0 Å². The minimum Gasteiger partial charge on any atom is -0.496 e. The van der Waals surface area contributed by atoms with E-state index in [4.69, 9.17) is 19.4 Å². The number of rotatable bonds is 3. The lowest BCUT2D eigenvalue weighted by atomic mass is 9.90. The van der Waals surface area contributed by atoms with Crippen LogP contribution in [0.1, 0.15) is 35.4 Å². The lowest BCUT2D eigenvalue weighted by Crippen LogP contribution is -2.12. The van der Waals surface area contributed by atoms with Gasteiger partial charge in [-0.05, 0) is 55.7 Å². The van der Waals surface area contributed by atoms with Crippen LogP contribution in [0.15, 0.2) is 40.9 Å². The SMILES string of the molecule is COc1cc(C)c2[nH]ccc2c1C1(c2nc3cc(C#N)ccc3o2)CC1. The molecule has 5 nitrogen and oxygen atoms in total. The molecule has 0 bridgehead atoms. The number of benzene rings is 2. The molecule has 128 valence electrons. The Balaban J connectivity index is 1.76. The topological polar surface area (TPSA) is 74.8 Å². The summed E-state index contributed by atoms with van der Waals surface area (Å²) in [5.41, 5.74) is 5.15. The van der Waals surface area contributed by atoms with E-state index >= 15 is 0 Å². The number of methoxy groups -OCH3 is 1. The Kier molecular flexibility index (Phi) is 2.96. The van der Waals surface area contributed by atoms with Gasteiger partial charge >= 0.3 is 0 Å². The molecule has 0 atom stereocenters. The molecule has 1 aliphatic carbocycles. The summed E-state index contributed by atoms with van der Waals surface area (Å²) in [5.74, 6) is 1.57. The molecule has 0 spiro atoms. The van der Waals surface area contributed by atoms with Gasteiger partial charge in [-0.2, -0.15) is 5.26 Å². The molecule has 1 aliphatic rings. The summed E-state index contributed by atoms with van der Waals surface area (Å²) < 4.78 is 11.9. The molecular weight excluding hydrogens is 326 g/mol. The van der Waals surface area contributed by atoms with E-state index in [-0.39, 0.29) is 5.41 Å². The molecule has 5 heteroatoms. The third kappa shape index (κ3) is 1.93. The van der Waals surface area contributed by atoms with Gasteiger partial charge in [-0.1, -0.05) is 0 Å². The van der Waals surface area contributed by atoms with Crippen molar-refractivity contribution in [2.75, 3.05) is 7.11 Å². The number of H-pyrrole nitrogens is 1. The predicted octanol–water partition coefficient (Wildman–Crippen LogP) is 4.58. The van der Waals surface area contributed by atoms with Crippen LogP contribution < -0.4 is 4.74 Å². The number of nitrogens with zero attached hydrogens (tertiary/aromatic N) is 2. The summed E-state index contributed by atoms with van der Waals surface area (Å²) in [6.45, 7) is 2.08. The van der Waals surface area contributed by atoms with Gasteiger partial charge in [-0.25, -0.2) is 4.98 Å². The Labute approximate surface area is 150 Å². The van der Waals surface area contributed by atoms with Crippen molar-refractivity contribution in [1.29, 1.82) is 5.26 Å². The average molecular weight is 343 g/mol. The lowest BCUT2D eigenvalue weighted by Gasteiger charge is -2.18. The fourth-order valence-corrected chi connectivity index (χ4v) is 3.93. The minimum absolute atomic E-state index is 0.273. The summed E-state index contributed by atoms with van der Waals surface area (Å²) in [6.07, 6.45) is 3.89. The van der Waals surface area contributed by atoms with E-state index in [0.29, 0.717) is 17.0 Å². The van der Waals surface area contributed by atoms with Crippen LogP contribution in [0.2, 0.25) is 0 Å². The van der Waals surface area contributed by atoms with Crippen LogP contribution >= 0.6 is 0 Å². The Morgan fingerprint density at radius 1 is 1.27 bits per heavy atom. The van der Waals surface area contributed by atoms with Crippen LogP contribution in [0.25, 0.3) is 22.0 Å². The summed E-state index contributed by atoms with van der Waals surface area (Å²) in [6, 6.07) is 11.7. The Morgan fingerprint density at radius 3 is 2.85 bits per heavy atom. The highest BCUT2D eigenvalue weighted by atomic mass is 16.5. The van der Waals surface area contributed by atoms with Gasteiger partial charge in [0.15, 0.2) is 5.58 Å². The minimum atomic E-state index is -0.273. The molecule has 0 unspecified atom stereocenters. The van der Waals surface area contributed by atoms with Gasteiger partial charge in [-0.3, -0.25) is 0 Å². The Hall–Kier alpha value is -3.26. The fraction of sp³-hybridized carbons (Fsp3) is 0.238. The van der Waals surface area contributed by atoms with Crippen molar-refractivity contribution in [3.8, 4) is 11.8 Å². The van der Waals surface area contributed by atoms with Crippen molar-refractivity contribution in [2.45, 2.75) is 25.2 Å². The highest BCUT2D eigenvalue weighted by molar-refractivity contribution is 5.90. The van der Waals surface area contributed by atoms with Crippen LogP contribution in [-0.4, -0.2) is 17.1 Å². The second kappa shape index (κ2) is 5.12. The van der Waals surface area contributed by atoms with Gasteiger partial charge in [0, 0.05) is 22.7 Å². The summed E-state index contributed by atoms with van der Waals surface area (Å²) in [5, 5.41) is 10.3. The van der Waals surface area contributed by atoms with Gasteiger partial charge in [0.2, 0.25) is 5.89 Å². The molecule has 1 fully saturated rings. The third-order valence-electron chi connectivity index (χ3n) is 5.38. The molecule has 4 aromatic rings. The fourth-order valence-electron chi connectivity index (χ4n) is 3.93. The summed E-state index contributed by atoms with van der Waals surface area (Å²) in [7, 11) is 1.71. The smallest absolute Gasteiger partial charge is 0.206 e. The third-order valence-corrected chi connectivity index (χ3v) is 5.38. The number of ether oxygens (including phenoxy) is 1. The molecule has 2 heterocycles. The van der Waals surface area contributed by atoms with E-state index in [1.54, 1.807) is 19.2 Å². The Bertz CT molecular complexity index is 1210. The number of nitriles is 1. The number of nitrogens with one attached hydrogen (secondary N) is 1. The number of oxazole rings is 1. The Morgan fingerprint density at radius 2 is 2.12 bits per heavy atom. The van der Waals surface area contributed by atoms with Gasteiger partial charge in [0.05, 0.1) is 24.2 Å². The maximum atomic E-state index is 9.11. The number of aryl methyl sites for hydroxylation is 1. The summed E-state index contributed by atoms with van der Waals surface area (Å²) >= 11 is 0. The van der Waals surface area contributed by atoms with Crippen LogP contribution in [-0.2, 0) is 5.41 Å². The first kappa shape index (κ1) is 15.0. The second-order valence-electron chi connectivity index (χ2n) is 6.93. The van der Waals surface area contributed by atoms with Crippen molar-refractivity contribution in [1.82, 2.24) is 9.97 Å². The lowest BCUT2D eigenvalue weighted by molar-refractivity contribution is 0.401. The number of hydrogen-bond donors (Lipinski definition) is 1. The molecule has 2 aromatic heterocycles.